The second-order valence-electron chi connectivity index (χ2n) is 7.22. The average molecular weight is 500 g/mol. The quantitative estimate of drug-likeness (QED) is 0.510. The number of alkyl halides is 6. The minimum absolute atomic E-state index is 0. The molecular formula is C21H20ClF6NO4. The maximum absolute atomic E-state index is 13.0. The van der Waals surface area contributed by atoms with Crippen LogP contribution in [-0.4, -0.2) is 42.2 Å². The van der Waals surface area contributed by atoms with Crippen molar-refractivity contribution in [3.05, 3.63) is 59.2 Å². The number of aliphatic carboxylic acids is 1. The van der Waals surface area contributed by atoms with E-state index >= 15 is 0 Å². The molecule has 2 aromatic carbocycles. The molecule has 12 heteroatoms. The van der Waals surface area contributed by atoms with E-state index in [4.69, 9.17) is 14.6 Å². The van der Waals surface area contributed by atoms with Crippen LogP contribution in [0.15, 0.2) is 42.5 Å². The summed E-state index contributed by atoms with van der Waals surface area (Å²) >= 11 is 0. The first-order chi connectivity index (χ1) is 14.9. The maximum atomic E-state index is 13.0. The third kappa shape index (κ3) is 7.51. The van der Waals surface area contributed by atoms with Gasteiger partial charge in [0.05, 0.1) is 30.3 Å². The first kappa shape index (κ1) is 26.7. The predicted octanol–water partition coefficient (Wildman–Crippen LogP) is 5.79. The standard InChI is InChI=1S/C21H19F6NO4.ClH/c22-20(23,24)14-9-15(21(25,26)27)11-17(10-14)32-16-3-1-13(2-4-16)18-12-28(7-8-31-18)6-5-19(29)30;/h1-4,9-11,18H,5-8,12H2,(H,29,30);1H. The molecule has 1 fully saturated rings. The number of benzene rings is 2. The highest BCUT2D eigenvalue weighted by Crippen LogP contribution is 2.39. The first-order valence-electron chi connectivity index (χ1n) is 9.55. The molecule has 1 saturated heterocycles. The average Bonchev–Trinajstić information content (AvgIpc) is 2.71. The van der Waals surface area contributed by atoms with Crippen LogP contribution in [0.1, 0.15) is 29.2 Å². The van der Waals surface area contributed by atoms with Crippen molar-refractivity contribution in [1.29, 1.82) is 0 Å². The second kappa shape index (κ2) is 10.6. The van der Waals surface area contributed by atoms with Gasteiger partial charge in [-0.1, -0.05) is 12.1 Å². The van der Waals surface area contributed by atoms with Gasteiger partial charge in [-0.3, -0.25) is 9.69 Å². The highest BCUT2D eigenvalue weighted by Gasteiger charge is 2.37. The van der Waals surface area contributed by atoms with E-state index in [1.165, 1.54) is 12.1 Å². The number of nitrogens with zero attached hydrogens (tertiary/aromatic N) is 1. The molecule has 5 nitrogen and oxygen atoms in total. The van der Waals surface area contributed by atoms with Crippen LogP contribution in [0, 0.1) is 0 Å². The molecule has 1 aliphatic rings. The van der Waals surface area contributed by atoms with E-state index in [0.717, 1.165) is 5.56 Å². The van der Waals surface area contributed by atoms with Gasteiger partial charge in [0.25, 0.3) is 0 Å². The minimum Gasteiger partial charge on any atom is -0.481 e. The van der Waals surface area contributed by atoms with E-state index in [-0.39, 0.29) is 36.7 Å². The Morgan fingerprint density at radius 2 is 1.58 bits per heavy atom. The topological polar surface area (TPSA) is 59.0 Å². The molecule has 2 aromatic rings. The van der Waals surface area contributed by atoms with Crippen LogP contribution in [0.4, 0.5) is 26.3 Å². The molecule has 0 aliphatic carbocycles. The highest BCUT2D eigenvalue weighted by molar-refractivity contribution is 5.85. The van der Waals surface area contributed by atoms with Crippen LogP contribution in [0.5, 0.6) is 11.5 Å². The number of hydrogen-bond acceptors (Lipinski definition) is 4. The van der Waals surface area contributed by atoms with Crippen LogP contribution in [0.25, 0.3) is 0 Å². The van der Waals surface area contributed by atoms with Gasteiger partial charge in [0.2, 0.25) is 0 Å². The number of rotatable bonds is 6. The molecule has 0 spiro atoms. The van der Waals surface area contributed by atoms with Crippen molar-refractivity contribution >= 4 is 18.4 Å². The Labute approximate surface area is 191 Å². The number of carbonyl (C=O) groups is 1. The van der Waals surface area contributed by atoms with Crippen molar-refractivity contribution in [2.75, 3.05) is 26.2 Å². The Hall–Kier alpha value is -2.50. The Kier molecular flexibility index (Phi) is 8.61. The zero-order valence-electron chi connectivity index (χ0n) is 16.9. The van der Waals surface area contributed by atoms with Gasteiger partial charge >= 0.3 is 18.3 Å². The van der Waals surface area contributed by atoms with E-state index in [9.17, 15) is 31.1 Å². The number of halogens is 7. The molecule has 0 saturated carbocycles. The number of carboxylic acid groups (broad SMARTS) is 1. The summed E-state index contributed by atoms with van der Waals surface area (Å²) in [6.07, 6.45) is -10.3. The monoisotopic (exact) mass is 499 g/mol. The smallest absolute Gasteiger partial charge is 0.416 e. The van der Waals surface area contributed by atoms with Gasteiger partial charge in [0.15, 0.2) is 0 Å². The van der Waals surface area contributed by atoms with Crippen molar-refractivity contribution in [1.82, 2.24) is 4.90 Å². The van der Waals surface area contributed by atoms with Gasteiger partial charge in [-0.15, -0.1) is 12.4 Å². The van der Waals surface area contributed by atoms with E-state index in [2.05, 4.69) is 0 Å². The van der Waals surface area contributed by atoms with Crippen molar-refractivity contribution in [3.63, 3.8) is 0 Å². The maximum Gasteiger partial charge on any atom is 0.416 e. The van der Waals surface area contributed by atoms with Gasteiger partial charge in [-0.25, -0.2) is 0 Å². The molecule has 33 heavy (non-hydrogen) atoms. The molecule has 1 unspecified atom stereocenters. The summed E-state index contributed by atoms with van der Waals surface area (Å²) in [6.45, 7) is 1.80. The summed E-state index contributed by atoms with van der Waals surface area (Å²) in [4.78, 5) is 12.7. The van der Waals surface area contributed by atoms with Crippen molar-refractivity contribution < 1.29 is 45.7 Å². The number of hydrogen-bond donors (Lipinski definition) is 1. The lowest BCUT2D eigenvalue weighted by Gasteiger charge is -2.32. The van der Waals surface area contributed by atoms with Crippen LogP contribution in [0.2, 0.25) is 0 Å². The van der Waals surface area contributed by atoms with Crippen LogP contribution < -0.4 is 4.74 Å². The zero-order valence-corrected chi connectivity index (χ0v) is 17.8. The summed E-state index contributed by atoms with van der Waals surface area (Å²) < 4.78 is 88.9. The van der Waals surface area contributed by atoms with E-state index in [0.29, 0.717) is 38.4 Å². The van der Waals surface area contributed by atoms with Gasteiger partial charge in [0.1, 0.15) is 11.5 Å². The van der Waals surface area contributed by atoms with Crippen LogP contribution in [0.3, 0.4) is 0 Å². The largest absolute Gasteiger partial charge is 0.481 e. The predicted molar refractivity (Wildman–Crippen MR) is 108 cm³/mol. The van der Waals surface area contributed by atoms with E-state index in [1.54, 1.807) is 12.1 Å². The Morgan fingerprint density at radius 3 is 2.09 bits per heavy atom. The van der Waals surface area contributed by atoms with Gasteiger partial charge in [-0.05, 0) is 35.9 Å². The fourth-order valence-corrected chi connectivity index (χ4v) is 3.23. The molecule has 0 bridgehead atoms. The molecule has 182 valence electrons. The number of ether oxygens (including phenoxy) is 2. The van der Waals surface area contributed by atoms with E-state index in [1.807, 2.05) is 4.90 Å². The fraction of sp³-hybridized carbons (Fsp3) is 0.381. The molecule has 1 heterocycles. The Bertz CT molecular complexity index is 917. The lowest BCUT2D eigenvalue weighted by Crippen LogP contribution is -2.39. The van der Waals surface area contributed by atoms with Gasteiger partial charge in [0, 0.05) is 19.6 Å². The highest BCUT2D eigenvalue weighted by atomic mass is 35.5. The summed E-state index contributed by atoms with van der Waals surface area (Å²) in [5.41, 5.74) is -2.20. The molecule has 1 atom stereocenters. The summed E-state index contributed by atoms with van der Waals surface area (Å²) in [5, 5.41) is 8.81. The van der Waals surface area contributed by atoms with Crippen molar-refractivity contribution in [2.45, 2.75) is 24.9 Å². The molecule has 1 N–H and O–H groups in total. The Balaban J connectivity index is 0.00000385. The third-order valence-electron chi connectivity index (χ3n) is 4.84. The van der Waals surface area contributed by atoms with Crippen LogP contribution >= 0.6 is 12.4 Å². The molecule has 0 amide bonds. The SMILES string of the molecule is Cl.O=C(O)CCN1CCOC(c2ccc(Oc3cc(C(F)(F)F)cc(C(F)(F)F)c3)cc2)C1. The lowest BCUT2D eigenvalue weighted by molar-refractivity contribution is -0.143. The summed E-state index contributed by atoms with van der Waals surface area (Å²) in [7, 11) is 0. The van der Waals surface area contributed by atoms with Crippen molar-refractivity contribution in [2.24, 2.45) is 0 Å². The van der Waals surface area contributed by atoms with Gasteiger partial charge in [-0.2, -0.15) is 26.3 Å². The van der Waals surface area contributed by atoms with E-state index < -0.39 is 35.2 Å². The molecule has 3 rings (SSSR count). The van der Waals surface area contributed by atoms with Crippen LogP contribution in [-0.2, 0) is 21.9 Å². The fourth-order valence-electron chi connectivity index (χ4n) is 3.23. The third-order valence-corrected chi connectivity index (χ3v) is 4.84. The molecule has 1 aliphatic heterocycles. The Morgan fingerprint density at radius 1 is 1.00 bits per heavy atom. The van der Waals surface area contributed by atoms with Gasteiger partial charge < -0.3 is 14.6 Å². The first-order valence-corrected chi connectivity index (χ1v) is 9.55. The summed E-state index contributed by atoms with van der Waals surface area (Å²) in [5.74, 6) is -1.44. The molecular weight excluding hydrogens is 480 g/mol. The number of morpholine rings is 1. The summed E-state index contributed by atoms with van der Waals surface area (Å²) in [6, 6.07) is 7.08. The molecule has 0 aromatic heterocycles. The second-order valence-corrected chi connectivity index (χ2v) is 7.22. The lowest BCUT2D eigenvalue weighted by atomic mass is 10.1. The normalized spacial score (nSPS) is 17.3. The molecule has 0 radical (unpaired) electrons. The minimum atomic E-state index is -4.96. The zero-order chi connectivity index (χ0) is 23.5. The van der Waals surface area contributed by atoms with Crippen molar-refractivity contribution in [3.8, 4) is 11.5 Å². The number of carboxylic acids is 1.